The molecule has 0 fully saturated rings. The summed E-state index contributed by atoms with van der Waals surface area (Å²) in [5.74, 6) is -1.48. The Balaban J connectivity index is 0. The monoisotopic (exact) mass is 290 g/mol. The minimum Gasteiger partial charge on any atom is -0.846 e. The predicted molar refractivity (Wildman–Crippen MR) is 56.8 cm³/mol. The van der Waals surface area contributed by atoms with Crippen molar-refractivity contribution in [3.63, 3.8) is 0 Å². The van der Waals surface area contributed by atoms with E-state index in [1.54, 1.807) is 0 Å². The van der Waals surface area contributed by atoms with Crippen molar-refractivity contribution in [3.8, 4) is 0 Å². The maximum absolute atomic E-state index is 13.3. The molecule has 0 amide bonds. The van der Waals surface area contributed by atoms with E-state index in [0.29, 0.717) is 6.07 Å². The zero-order valence-electron chi connectivity index (χ0n) is 11.1. The predicted octanol–water partition coefficient (Wildman–Crippen LogP) is -2.61. The molecule has 108 valence electrons. The van der Waals surface area contributed by atoms with Crippen molar-refractivity contribution in [2.75, 3.05) is 0 Å². The third kappa shape index (κ3) is 7.28. The molecule has 0 aliphatic rings. The molecule has 3 N–H and O–H groups in total. The van der Waals surface area contributed by atoms with Crippen molar-refractivity contribution in [2.24, 2.45) is 0 Å². The Morgan fingerprint density at radius 1 is 1.05 bits per heavy atom. The second kappa shape index (κ2) is 8.02. The molecule has 20 heavy (non-hydrogen) atoms. The minimum atomic E-state index is -4.77. The molecule has 4 nitrogen and oxygen atoms in total. The fourth-order valence-electron chi connectivity index (χ4n) is 1.22. The molecule has 0 saturated carbocycles. The summed E-state index contributed by atoms with van der Waals surface area (Å²) < 4.78 is 50.2. The largest absolute Gasteiger partial charge is 1.00 e. The van der Waals surface area contributed by atoms with Gasteiger partial charge >= 0.3 is 32.4 Å². The van der Waals surface area contributed by atoms with Crippen LogP contribution in [0.4, 0.5) is 17.6 Å². The third-order valence-electron chi connectivity index (χ3n) is 1.95. The van der Waals surface area contributed by atoms with Gasteiger partial charge in [0.2, 0.25) is 0 Å². The first-order valence-corrected chi connectivity index (χ1v) is 4.98. The summed E-state index contributed by atoms with van der Waals surface area (Å²) in [7, 11) is -2.17. The molecule has 0 saturated heterocycles. The zero-order chi connectivity index (χ0) is 15.4. The van der Waals surface area contributed by atoms with Crippen LogP contribution in [0, 0.1) is 5.82 Å². The third-order valence-corrected chi connectivity index (χ3v) is 1.95. The van der Waals surface area contributed by atoms with E-state index in [4.69, 9.17) is 15.1 Å². The molecule has 0 spiro atoms. The van der Waals surface area contributed by atoms with Crippen molar-refractivity contribution >= 4 is 7.32 Å². The number of alkyl halides is 3. The van der Waals surface area contributed by atoms with Gasteiger partial charge in [-0.05, 0) is 11.6 Å². The van der Waals surface area contributed by atoms with Gasteiger partial charge in [-0.25, -0.2) is 4.39 Å². The van der Waals surface area contributed by atoms with Crippen LogP contribution in [0.15, 0.2) is 18.2 Å². The van der Waals surface area contributed by atoms with Crippen LogP contribution < -0.4 is 24.0 Å². The van der Waals surface area contributed by atoms with Gasteiger partial charge in [0.1, 0.15) is 5.82 Å². The number of benzene rings is 1. The summed E-state index contributed by atoms with van der Waals surface area (Å²) in [5.41, 5.74) is -3.76. The SMILES string of the molecule is CC(C)([O-])c1cccc(C(F)(F)F)c1F.OB(O)O.[Li+]. The fraction of sp³-hybridized carbons (Fsp3) is 0.400. The van der Waals surface area contributed by atoms with Crippen molar-refractivity contribution in [3.05, 3.63) is 35.1 Å². The standard InChI is InChI=1S/C10H9F4O.BH3O3.Li/c1-9(2,15)6-4-3-5-7(8(6)11)10(12,13)14;2-1(3)4;/h3-5H,1-2H3;2-4H;/q-1;;+1. The summed E-state index contributed by atoms with van der Waals surface area (Å²) in [4.78, 5) is 0. The topological polar surface area (TPSA) is 83.8 Å². The van der Waals surface area contributed by atoms with Gasteiger partial charge in [-0.2, -0.15) is 13.2 Å². The van der Waals surface area contributed by atoms with Crippen LogP contribution in [0.2, 0.25) is 0 Å². The van der Waals surface area contributed by atoms with E-state index >= 15 is 0 Å². The number of rotatable bonds is 1. The molecule has 0 atom stereocenters. The first-order valence-electron chi connectivity index (χ1n) is 4.98. The van der Waals surface area contributed by atoms with Gasteiger partial charge in [-0.1, -0.05) is 31.6 Å². The quantitative estimate of drug-likeness (QED) is 0.391. The number of hydrogen-bond acceptors (Lipinski definition) is 4. The molecule has 0 aliphatic carbocycles. The second-order valence-corrected chi connectivity index (χ2v) is 4.02. The van der Waals surface area contributed by atoms with E-state index in [1.165, 1.54) is 0 Å². The van der Waals surface area contributed by atoms with Crippen LogP contribution >= 0.6 is 0 Å². The van der Waals surface area contributed by atoms with E-state index in [2.05, 4.69) is 0 Å². The van der Waals surface area contributed by atoms with Crippen LogP contribution in [0.3, 0.4) is 0 Å². The molecular weight excluding hydrogens is 278 g/mol. The molecule has 1 aromatic rings. The number of halogens is 4. The van der Waals surface area contributed by atoms with Crippen LogP contribution in [-0.2, 0) is 11.8 Å². The fourth-order valence-corrected chi connectivity index (χ4v) is 1.22. The molecule has 0 aliphatic heterocycles. The molecule has 0 aromatic heterocycles. The van der Waals surface area contributed by atoms with E-state index < -0.39 is 36.0 Å². The Hall–Kier alpha value is -0.558. The summed E-state index contributed by atoms with van der Waals surface area (Å²) in [6.07, 6.45) is -4.77. The Labute approximate surface area is 125 Å². The maximum atomic E-state index is 13.3. The van der Waals surface area contributed by atoms with Gasteiger partial charge in [0.05, 0.1) is 5.56 Å². The molecule has 0 heterocycles. The van der Waals surface area contributed by atoms with E-state index in [9.17, 15) is 22.7 Å². The maximum Gasteiger partial charge on any atom is 1.00 e. The van der Waals surface area contributed by atoms with Crippen molar-refractivity contribution in [1.82, 2.24) is 0 Å². The van der Waals surface area contributed by atoms with Crippen LogP contribution in [0.25, 0.3) is 0 Å². The van der Waals surface area contributed by atoms with Gasteiger partial charge < -0.3 is 20.2 Å². The van der Waals surface area contributed by atoms with Gasteiger partial charge in [-0.3, -0.25) is 0 Å². The van der Waals surface area contributed by atoms with Gasteiger partial charge in [-0.15, -0.1) is 0 Å². The van der Waals surface area contributed by atoms with Gasteiger partial charge in [0.25, 0.3) is 0 Å². The Kier molecular flexibility index (Phi) is 8.72. The van der Waals surface area contributed by atoms with E-state index in [0.717, 1.165) is 26.0 Å². The Bertz CT molecular complexity index is 386. The van der Waals surface area contributed by atoms with Crippen molar-refractivity contribution < 1.29 is 56.6 Å². The second-order valence-electron chi connectivity index (χ2n) is 4.02. The summed E-state index contributed by atoms with van der Waals surface area (Å²) in [6.45, 7) is 2.23. The van der Waals surface area contributed by atoms with Crippen molar-refractivity contribution in [1.29, 1.82) is 0 Å². The zero-order valence-corrected chi connectivity index (χ0v) is 11.1. The average molecular weight is 290 g/mol. The molecule has 0 unspecified atom stereocenters. The summed E-state index contributed by atoms with van der Waals surface area (Å²) in [6, 6.07) is 2.71. The molecule has 1 rings (SSSR count). The molecule has 0 radical (unpaired) electrons. The number of hydrogen-bond donors (Lipinski definition) is 3. The Morgan fingerprint density at radius 2 is 1.40 bits per heavy atom. The minimum absolute atomic E-state index is 0. The normalized spacial score (nSPS) is 11.1. The molecule has 1 aromatic carbocycles. The first-order chi connectivity index (χ1) is 8.37. The van der Waals surface area contributed by atoms with Crippen LogP contribution in [0.1, 0.15) is 25.0 Å². The average Bonchev–Trinajstić information content (AvgIpc) is 2.12. The van der Waals surface area contributed by atoms with Crippen molar-refractivity contribution in [2.45, 2.75) is 25.6 Å². The molecule has 10 heteroatoms. The summed E-state index contributed by atoms with van der Waals surface area (Å²) in [5, 5.41) is 32.9. The van der Waals surface area contributed by atoms with Gasteiger partial charge in [0.15, 0.2) is 0 Å². The molecular formula is C10H12BF4LiO4. The van der Waals surface area contributed by atoms with E-state index in [-0.39, 0.29) is 18.9 Å². The summed E-state index contributed by atoms with van der Waals surface area (Å²) >= 11 is 0. The smallest absolute Gasteiger partial charge is 0.846 e. The van der Waals surface area contributed by atoms with Crippen LogP contribution in [0.5, 0.6) is 0 Å². The Morgan fingerprint density at radius 3 is 1.70 bits per heavy atom. The van der Waals surface area contributed by atoms with E-state index in [1.807, 2.05) is 0 Å². The van der Waals surface area contributed by atoms with Crippen LogP contribution in [-0.4, -0.2) is 22.4 Å². The molecule has 0 bridgehead atoms. The first kappa shape index (κ1) is 21.7. The van der Waals surface area contributed by atoms with Gasteiger partial charge in [0, 0.05) is 0 Å².